The topological polar surface area (TPSA) is 75.3 Å². The van der Waals surface area contributed by atoms with E-state index < -0.39 is 5.66 Å². The van der Waals surface area contributed by atoms with Crippen molar-refractivity contribution in [2.75, 3.05) is 6.54 Å². The van der Waals surface area contributed by atoms with Gasteiger partial charge in [-0.2, -0.15) is 0 Å². The van der Waals surface area contributed by atoms with Gasteiger partial charge in [0.2, 0.25) is 0 Å². The van der Waals surface area contributed by atoms with Gasteiger partial charge in [0, 0.05) is 29.6 Å². The maximum Gasteiger partial charge on any atom is 0.197 e. The normalized spacial score (nSPS) is 21.4. The summed E-state index contributed by atoms with van der Waals surface area (Å²) in [6.45, 7) is 7.09. The van der Waals surface area contributed by atoms with Crippen molar-refractivity contribution in [3.63, 3.8) is 0 Å². The van der Waals surface area contributed by atoms with Crippen LogP contribution in [0.2, 0.25) is 0 Å². The van der Waals surface area contributed by atoms with Crippen LogP contribution in [-0.2, 0) is 6.42 Å². The summed E-state index contributed by atoms with van der Waals surface area (Å²) in [5.41, 5.74) is 8.07. The van der Waals surface area contributed by atoms with Crippen LogP contribution in [-0.4, -0.2) is 23.2 Å². The van der Waals surface area contributed by atoms with Crippen LogP contribution >= 0.6 is 11.3 Å². The minimum Gasteiger partial charge on any atom is -0.334 e. The fourth-order valence-corrected chi connectivity index (χ4v) is 3.77. The van der Waals surface area contributed by atoms with Crippen molar-refractivity contribution in [3.05, 3.63) is 53.2 Å². The van der Waals surface area contributed by atoms with Crippen molar-refractivity contribution in [1.29, 1.82) is 0 Å². The molecule has 0 amide bonds. The van der Waals surface area contributed by atoms with Crippen LogP contribution < -0.4 is 16.4 Å². The molecule has 0 spiro atoms. The average Bonchev–Trinajstić information content (AvgIpc) is 2.94. The highest BCUT2D eigenvalue weighted by Crippen LogP contribution is 2.29. The first kappa shape index (κ1) is 17.6. The molecule has 2 aromatic rings. The molecule has 1 unspecified atom stereocenters. The van der Waals surface area contributed by atoms with E-state index in [4.69, 9.17) is 10.7 Å². The maximum atomic E-state index is 6.56. The molecule has 1 atom stereocenters. The molecule has 0 radical (unpaired) electrons. The zero-order valence-corrected chi connectivity index (χ0v) is 15.7. The maximum absolute atomic E-state index is 6.56. The predicted molar refractivity (Wildman–Crippen MR) is 105 cm³/mol. The molecule has 0 aliphatic carbocycles. The van der Waals surface area contributed by atoms with Crippen molar-refractivity contribution in [1.82, 2.24) is 15.6 Å². The largest absolute Gasteiger partial charge is 0.334 e. The van der Waals surface area contributed by atoms with Gasteiger partial charge in [-0.15, -0.1) is 11.3 Å². The summed E-state index contributed by atoms with van der Waals surface area (Å²) in [6, 6.07) is 10.2. The third kappa shape index (κ3) is 4.46. The highest BCUT2D eigenvalue weighted by Gasteiger charge is 2.28. The number of aromatic nitrogens is 1. The Balaban J connectivity index is 1.77. The first-order chi connectivity index (χ1) is 12.0. The molecule has 0 bridgehead atoms. The third-order valence-corrected chi connectivity index (χ3v) is 5.14. The molecule has 1 aromatic heterocycles. The molecule has 4 N–H and O–H groups in total. The molecular weight excluding hydrogens is 330 g/mol. The number of nitrogens with two attached hydrogens (primary N) is 1. The molecule has 1 aliphatic rings. The van der Waals surface area contributed by atoms with E-state index in [0.29, 0.717) is 12.3 Å². The Kier molecular flexibility index (Phi) is 5.20. The van der Waals surface area contributed by atoms with Gasteiger partial charge in [0.1, 0.15) is 10.7 Å². The summed E-state index contributed by atoms with van der Waals surface area (Å²) in [5, 5.41) is 7.48. The SMILES string of the molecule is Cc1nc(-c2ccccc2)sc1CC1(N)C=CNC(=NCC(C)C)N1. The molecular formula is C19H25N5S. The minimum atomic E-state index is -0.660. The summed E-state index contributed by atoms with van der Waals surface area (Å²) >= 11 is 1.70. The van der Waals surface area contributed by atoms with Crippen molar-refractivity contribution in [3.8, 4) is 10.6 Å². The van der Waals surface area contributed by atoms with E-state index in [9.17, 15) is 0 Å². The van der Waals surface area contributed by atoms with Crippen molar-refractivity contribution in [2.45, 2.75) is 32.9 Å². The highest BCUT2D eigenvalue weighted by molar-refractivity contribution is 7.15. The summed E-state index contributed by atoms with van der Waals surface area (Å²) in [4.78, 5) is 10.5. The van der Waals surface area contributed by atoms with E-state index in [1.54, 1.807) is 11.3 Å². The Bertz CT molecular complexity index is 778. The number of aliphatic imine (C=N–C) groups is 1. The van der Waals surface area contributed by atoms with Crippen LogP contribution in [0.5, 0.6) is 0 Å². The van der Waals surface area contributed by atoms with Crippen LogP contribution in [0.4, 0.5) is 0 Å². The van der Waals surface area contributed by atoms with E-state index in [2.05, 4.69) is 41.6 Å². The third-order valence-electron chi connectivity index (χ3n) is 3.93. The summed E-state index contributed by atoms with van der Waals surface area (Å²) in [6.07, 6.45) is 4.48. The number of guanidine groups is 1. The van der Waals surface area contributed by atoms with Gasteiger partial charge >= 0.3 is 0 Å². The number of thiazole rings is 1. The number of nitrogens with zero attached hydrogens (tertiary/aromatic N) is 2. The van der Waals surface area contributed by atoms with Crippen molar-refractivity contribution >= 4 is 17.3 Å². The Morgan fingerprint density at radius 2 is 2.04 bits per heavy atom. The Morgan fingerprint density at radius 3 is 2.76 bits per heavy atom. The van der Waals surface area contributed by atoms with E-state index in [0.717, 1.165) is 28.8 Å². The van der Waals surface area contributed by atoms with Crippen LogP contribution in [0.3, 0.4) is 0 Å². The average molecular weight is 356 g/mol. The van der Waals surface area contributed by atoms with Crippen molar-refractivity contribution < 1.29 is 0 Å². The fourth-order valence-electron chi connectivity index (χ4n) is 2.59. The molecule has 6 heteroatoms. The van der Waals surface area contributed by atoms with Gasteiger partial charge in [0.15, 0.2) is 5.96 Å². The zero-order valence-electron chi connectivity index (χ0n) is 14.9. The van der Waals surface area contributed by atoms with Gasteiger partial charge in [-0.05, 0) is 18.9 Å². The Morgan fingerprint density at radius 1 is 1.28 bits per heavy atom. The fraction of sp³-hybridized carbons (Fsp3) is 0.368. The van der Waals surface area contributed by atoms with E-state index >= 15 is 0 Å². The van der Waals surface area contributed by atoms with Gasteiger partial charge in [-0.3, -0.25) is 4.99 Å². The second kappa shape index (κ2) is 7.37. The van der Waals surface area contributed by atoms with Gasteiger partial charge in [-0.1, -0.05) is 44.2 Å². The smallest absolute Gasteiger partial charge is 0.197 e. The second-order valence-electron chi connectivity index (χ2n) is 6.80. The van der Waals surface area contributed by atoms with Gasteiger partial charge in [0.25, 0.3) is 0 Å². The molecule has 0 saturated carbocycles. The number of benzene rings is 1. The lowest BCUT2D eigenvalue weighted by molar-refractivity contribution is 0.472. The highest BCUT2D eigenvalue weighted by atomic mass is 32.1. The minimum absolute atomic E-state index is 0.506. The molecule has 1 aromatic carbocycles. The molecule has 25 heavy (non-hydrogen) atoms. The molecule has 132 valence electrons. The number of aryl methyl sites for hydroxylation is 1. The number of hydrogen-bond donors (Lipinski definition) is 3. The zero-order chi connectivity index (χ0) is 17.9. The van der Waals surface area contributed by atoms with Crippen LogP contribution in [0.15, 0.2) is 47.6 Å². The second-order valence-corrected chi connectivity index (χ2v) is 7.88. The molecule has 3 rings (SSSR count). The lowest BCUT2D eigenvalue weighted by Crippen LogP contribution is -2.61. The predicted octanol–water partition coefficient (Wildman–Crippen LogP) is 3.03. The standard InChI is InChI=1S/C19H25N5S/c1-13(2)12-22-18-21-10-9-19(20,24-18)11-16-14(3)23-17(25-16)15-7-5-4-6-8-15/h4-10,13H,11-12,20H2,1-3H3,(H2,21,22,24). The van der Waals surface area contributed by atoms with Crippen LogP contribution in [0.1, 0.15) is 24.4 Å². The molecule has 5 nitrogen and oxygen atoms in total. The Hall–Kier alpha value is -2.18. The Labute approximate surface area is 153 Å². The van der Waals surface area contributed by atoms with Gasteiger partial charge < -0.3 is 16.4 Å². The first-order valence-electron chi connectivity index (χ1n) is 8.53. The molecule has 0 saturated heterocycles. The van der Waals surface area contributed by atoms with Gasteiger partial charge in [0.05, 0.1) is 5.69 Å². The van der Waals surface area contributed by atoms with Gasteiger partial charge in [-0.25, -0.2) is 4.98 Å². The lowest BCUT2D eigenvalue weighted by Gasteiger charge is -2.32. The molecule has 0 fully saturated rings. The number of rotatable bonds is 5. The summed E-state index contributed by atoms with van der Waals surface area (Å²) in [5.74, 6) is 1.23. The van der Waals surface area contributed by atoms with E-state index in [1.807, 2.05) is 37.4 Å². The van der Waals surface area contributed by atoms with Crippen LogP contribution in [0, 0.1) is 12.8 Å². The summed E-state index contributed by atoms with van der Waals surface area (Å²) in [7, 11) is 0. The lowest BCUT2D eigenvalue weighted by atomic mass is 10.0. The van der Waals surface area contributed by atoms with E-state index in [-0.39, 0.29) is 0 Å². The molecule has 2 heterocycles. The monoisotopic (exact) mass is 355 g/mol. The quantitative estimate of drug-likeness (QED) is 0.771. The molecule has 1 aliphatic heterocycles. The summed E-state index contributed by atoms with van der Waals surface area (Å²) < 4.78 is 0. The number of hydrogen-bond acceptors (Lipinski definition) is 4. The van der Waals surface area contributed by atoms with Crippen LogP contribution in [0.25, 0.3) is 10.6 Å². The van der Waals surface area contributed by atoms with E-state index in [1.165, 1.54) is 4.88 Å². The number of nitrogens with one attached hydrogen (secondary N) is 2. The first-order valence-corrected chi connectivity index (χ1v) is 9.34. The van der Waals surface area contributed by atoms with Crippen molar-refractivity contribution in [2.24, 2.45) is 16.6 Å².